The molecule has 0 atom stereocenters. The van der Waals surface area contributed by atoms with Gasteiger partial charge in [0.15, 0.2) is 0 Å². The largest absolute Gasteiger partial charge is 0.494 e. The lowest BCUT2D eigenvalue weighted by Gasteiger charge is -2.07. The number of carboxylic acid groups (broad SMARTS) is 2. The molecule has 2 N–H and O–H groups in total. The average molecular weight is 224 g/mol. The van der Waals surface area contributed by atoms with E-state index in [1.165, 1.54) is 18.2 Å². The highest BCUT2D eigenvalue weighted by atomic mass is 16.5. The van der Waals surface area contributed by atoms with Crippen LogP contribution in [0.3, 0.4) is 0 Å². The Hall–Kier alpha value is -2.04. The minimum Gasteiger partial charge on any atom is -0.494 e. The lowest BCUT2D eigenvalue weighted by atomic mass is 10.1. The molecule has 0 spiro atoms. The van der Waals surface area contributed by atoms with Gasteiger partial charge in [-0.2, -0.15) is 0 Å². The van der Waals surface area contributed by atoms with Gasteiger partial charge in [0.1, 0.15) is 5.75 Å². The zero-order valence-corrected chi connectivity index (χ0v) is 8.77. The number of carbonyl (C=O) groups is 2. The standard InChI is InChI=1S/C11H12O5/c1-2-5-16-7-3-4-8(10(12)13)9(6-7)11(14)15/h3-4,6H,2,5H2,1H3,(H,12,13)(H,14,15). The van der Waals surface area contributed by atoms with Gasteiger partial charge < -0.3 is 14.9 Å². The smallest absolute Gasteiger partial charge is 0.336 e. The van der Waals surface area contributed by atoms with E-state index in [-0.39, 0.29) is 11.1 Å². The van der Waals surface area contributed by atoms with E-state index in [2.05, 4.69) is 0 Å². The fourth-order valence-corrected chi connectivity index (χ4v) is 1.20. The van der Waals surface area contributed by atoms with Gasteiger partial charge in [0.2, 0.25) is 0 Å². The van der Waals surface area contributed by atoms with Gasteiger partial charge in [-0.1, -0.05) is 6.92 Å². The quantitative estimate of drug-likeness (QED) is 0.797. The van der Waals surface area contributed by atoms with Crippen molar-refractivity contribution < 1.29 is 24.5 Å². The van der Waals surface area contributed by atoms with E-state index < -0.39 is 11.9 Å². The molecule has 0 fully saturated rings. The summed E-state index contributed by atoms with van der Waals surface area (Å²) >= 11 is 0. The predicted molar refractivity (Wildman–Crippen MR) is 56.1 cm³/mol. The fourth-order valence-electron chi connectivity index (χ4n) is 1.20. The van der Waals surface area contributed by atoms with Gasteiger partial charge in [-0.15, -0.1) is 0 Å². The van der Waals surface area contributed by atoms with Gasteiger partial charge in [-0.05, 0) is 24.6 Å². The Morgan fingerprint density at radius 3 is 2.31 bits per heavy atom. The summed E-state index contributed by atoms with van der Waals surface area (Å²) in [5, 5.41) is 17.6. The Morgan fingerprint density at radius 1 is 1.19 bits per heavy atom. The van der Waals surface area contributed by atoms with Crippen LogP contribution in [0.25, 0.3) is 0 Å². The molecule has 0 aliphatic carbocycles. The first-order chi connectivity index (χ1) is 7.56. The van der Waals surface area contributed by atoms with Crippen molar-refractivity contribution in [1.29, 1.82) is 0 Å². The third kappa shape index (κ3) is 2.73. The van der Waals surface area contributed by atoms with Crippen LogP contribution in [0.1, 0.15) is 34.1 Å². The summed E-state index contributed by atoms with van der Waals surface area (Å²) in [7, 11) is 0. The molecule has 1 rings (SSSR count). The van der Waals surface area contributed by atoms with Crippen LogP contribution in [0.5, 0.6) is 5.75 Å². The maximum Gasteiger partial charge on any atom is 0.336 e. The molecule has 1 aromatic carbocycles. The van der Waals surface area contributed by atoms with E-state index in [9.17, 15) is 9.59 Å². The molecule has 0 saturated carbocycles. The van der Waals surface area contributed by atoms with Crippen molar-refractivity contribution in [2.75, 3.05) is 6.61 Å². The summed E-state index contributed by atoms with van der Waals surface area (Å²) in [5.74, 6) is -2.18. The number of rotatable bonds is 5. The molecule has 0 aliphatic rings. The monoisotopic (exact) mass is 224 g/mol. The summed E-state index contributed by atoms with van der Waals surface area (Å²) < 4.78 is 5.22. The number of carboxylic acids is 2. The normalized spacial score (nSPS) is 9.81. The first-order valence-corrected chi connectivity index (χ1v) is 4.79. The molecule has 5 heteroatoms. The molecular formula is C11H12O5. The van der Waals surface area contributed by atoms with Crippen LogP contribution >= 0.6 is 0 Å². The lowest BCUT2D eigenvalue weighted by Crippen LogP contribution is -2.08. The zero-order chi connectivity index (χ0) is 12.1. The van der Waals surface area contributed by atoms with Crippen LogP contribution in [0.4, 0.5) is 0 Å². The second-order valence-electron chi connectivity index (χ2n) is 3.17. The van der Waals surface area contributed by atoms with E-state index in [0.717, 1.165) is 6.42 Å². The Balaban J connectivity index is 3.07. The molecule has 0 heterocycles. The predicted octanol–water partition coefficient (Wildman–Crippen LogP) is 1.87. The minimum absolute atomic E-state index is 0.239. The molecule has 0 amide bonds. The number of hydrogen-bond acceptors (Lipinski definition) is 3. The molecule has 0 radical (unpaired) electrons. The second kappa shape index (κ2) is 5.16. The van der Waals surface area contributed by atoms with Crippen LogP contribution in [0, 0.1) is 0 Å². The molecule has 0 saturated heterocycles. The van der Waals surface area contributed by atoms with Gasteiger partial charge >= 0.3 is 11.9 Å². The van der Waals surface area contributed by atoms with E-state index in [4.69, 9.17) is 14.9 Å². The first-order valence-electron chi connectivity index (χ1n) is 4.79. The topological polar surface area (TPSA) is 83.8 Å². The summed E-state index contributed by atoms with van der Waals surface area (Å²) in [6.07, 6.45) is 0.795. The highest BCUT2D eigenvalue weighted by Gasteiger charge is 2.16. The Morgan fingerprint density at radius 2 is 1.81 bits per heavy atom. The Kier molecular flexibility index (Phi) is 3.88. The molecule has 0 aromatic heterocycles. The van der Waals surface area contributed by atoms with Crippen LogP contribution < -0.4 is 4.74 Å². The summed E-state index contributed by atoms with van der Waals surface area (Å²) in [5.41, 5.74) is -0.502. The van der Waals surface area contributed by atoms with Crippen LogP contribution in [-0.2, 0) is 0 Å². The van der Waals surface area contributed by atoms with Gasteiger partial charge in [0.05, 0.1) is 17.7 Å². The van der Waals surface area contributed by atoms with Gasteiger partial charge in [0, 0.05) is 0 Å². The molecule has 0 aliphatic heterocycles. The lowest BCUT2D eigenvalue weighted by molar-refractivity contribution is 0.0651. The molecule has 1 aromatic rings. The van der Waals surface area contributed by atoms with Crippen molar-refractivity contribution in [2.45, 2.75) is 13.3 Å². The second-order valence-corrected chi connectivity index (χ2v) is 3.17. The molecule has 86 valence electrons. The third-order valence-electron chi connectivity index (χ3n) is 1.92. The van der Waals surface area contributed by atoms with E-state index >= 15 is 0 Å². The van der Waals surface area contributed by atoms with E-state index in [1.54, 1.807) is 0 Å². The third-order valence-corrected chi connectivity index (χ3v) is 1.92. The summed E-state index contributed by atoms with van der Waals surface area (Å²) in [4.78, 5) is 21.6. The molecule has 5 nitrogen and oxygen atoms in total. The van der Waals surface area contributed by atoms with Gasteiger partial charge in [-0.3, -0.25) is 0 Å². The summed E-state index contributed by atoms with van der Waals surface area (Å²) in [6, 6.07) is 3.91. The van der Waals surface area contributed by atoms with Crippen LogP contribution in [-0.4, -0.2) is 28.8 Å². The highest BCUT2D eigenvalue weighted by Crippen LogP contribution is 2.18. The average Bonchev–Trinajstić information content (AvgIpc) is 2.25. The summed E-state index contributed by atoms with van der Waals surface area (Å²) in [6.45, 7) is 2.38. The molecule has 16 heavy (non-hydrogen) atoms. The SMILES string of the molecule is CCCOc1ccc(C(=O)O)c(C(=O)O)c1. The molecular weight excluding hydrogens is 212 g/mol. The van der Waals surface area contributed by atoms with E-state index in [0.29, 0.717) is 12.4 Å². The number of ether oxygens (including phenoxy) is 1. The zero-order valence-electron chi connectivity index (χ0n) is 8.77. The van der Waals surface area contributed by atoms with Gasteiger partial charge in [-0.25, -0.2) is 9.59 Å². The van der Waals surface area contributed by atoms with Crippen molar-refractivity contribution in [2.24, 2.45) is 0 Å². The molecule has 0 bridgehead atoms. The van der Waals surface area contributed by atoms with Gasteiger partial charge in [0.25, 0.3) is 0 Å². The van der Waals surface area contributed by atoms with Crippen molar-refractivity contribution in [1.82, 2.24) is 0 Å². The first kappa shape index (κ1) is 12.0. The number of benzene rings is 1. The minimum atomic E-state index is -1.28. The fraction of sp³-hybridized carbons (Fsp3) is 0.273. The molecule has 0 unspecified atom stereocenters. The Bertz CT molecular complexity index is 411. The van der Waals surface area contributed by atoms with E-state index in [1.807, 2.05) is 6.92 Å². The van der Waals surface area contributed by atoms with Crippen molar-refractivity contribution in [3.05, 3.63) is 29.3 Å². The maximum atomic E-state index is 10.8. The Labute approximate surface area is 92.3 Å². The van der Waals surface area contributed by atoms with Crippen molar-refractivity contribution in [3.63, 3.8) is 0 Å². The van der Waals surface area contributed by atoms with Crippen molar-refractivity contribution in [3.8, 4) is 5.75 Å². The number of aromatic carboxylic acids is 2. The van der Waals surface area contributed by atoms with Crippen LogP contribution in [0.2, 0.25) is 0 Å². The van der Waals surface area contributed by atoms with Crippen molar-refractivity contribution >= 4 is 11.9 Å². The highest BCUT2D eigenvalue weighted by molar-refractivity contribution is 6.01. The number of hydrogen-bond donors (Lipinski definition) is 2. The maximum absolute atomic E-state index is 10.8. The van der Waals surface area contributed by atoms with Crippen LogP contribution in [0.15, 0.2) is 18.2 Å².